The van der Waals surface area contributed by atoms with Crippen LogP contribution in [0.25, 0.3) is 0 Å². The Labute approximate surface area is 161 Å². The van der Waals surface area contributed by atoms with Gasteiger partial charge in [0.15, 0.2) is 0 Å². The highest BCUT2D eigenvalue weighted by molar-refractivity contribution is 7.91. The van der Waals surface area contributed by atoms with Crippen molar-refractivity contribution in [1.29, 1.82) is 0 Å². The zero-order valence-electron chi connectivity index (χ0n) is 16.1. The van der Waals surface area contributed by atoms with E-state index in [0.717, 1.165) is 38.8 Å². The van der Waals surface area contributed by atoms with E-state index in [1.54, 1.807) is 0 Å². The molecule has 6 atom stereocenters. The molecule has 1 aliphatic carbocycles. The Kier molecular flexibility index (Phi) is 6.75. The highest BCUT2D eigenvalue weighted by atomic mass is 32.2. The first-order chi connectivity index (χ1) is 12.7. The molecule has 2 heterocycles. The maximum absolute atomic E-state index is 11.9. The number of carbonyl (C=O) groups excluding carboxylic acids is 1. The van der Waals surface area contributed by atoms with Crippen LogP contribution in [0.15, 0.2) is 0 Å². The second kappa shape index (κ2) is 8.71. The second-order valence-electron chi connectivity index (χ2n) is 8.34. The molecule has 0 bridgehead atoms. The maximum atomic E-state index is 11.9. The van der Waals surface area contributed by atoms with Gasteiger partial charge in [0, 0.05) is 38.0 Å². The molecular weight excluding hydrogens is 368 g/mol. The Morgan fingerprint density at radius 2 is 2.00 bits per heavy atom. The van der Waals surface area contributed by atoms with Gasteiger partial charge >= 0.3 is 0 Å². The molecule has 0 aromatic heterocycles. The number of nitrogens with two attached hydrogens (primary N) is 2. The van der Waals surface area contributed by atoms with Gasteiger partial charge in [-0.1, -0.05) is 6.42 Å². The number of carbonyl (C=O) groups is 1. The molecule has 1 amide bonds. The minimum Gasteiger partial charge on any atom is -0.369 e. The van der Waals surface area contributed by atoms with Crippen molar-refractivity contribution in [3.63, 3.8) is 0 Å². The van der Waals surface area contributed by atoms with E-state index < -0.39 is 15.8 Å². The molecule has 1 saturated carbocycles. The van der Waals surface area contributed by atoms with E-state index >= 15 is 0 Å². The van der Waals surface area contributed by atoms with Gasteiger partial charge in [-0.25, -0.2) is 8.42 Å². The quantitative estimate of drug-likeness (QED) is 0.365. The summed E-state index contributed by atoms with van der Waals surface area (Å²) in [5.74, 6) is -0.755. The van der Waals surface area contributed by atoms with E-state index in [0.29, 0.717) is 19.4 Å². The van der Waals surface area contributed by atoms with Crippen molar-refractivity contribution in [2.75, 3.05) is 25.9 Å². The number of likely N-dealkylation sites (tertiary alicyclic amines) is 1. The number of primary amides is 1. The fraction of sp³-hybridized carbons (Fsp3) is 0.941. The minimum absolute atomic E-state index is 0.0557. The fourth-order valence-corrected chi connectivity index (χ4v) is 5.76. The molecule has 0 spiro atoms. The molecule has 9 nitrogen and oxygen atoms in total. The molecule has 156 valence electrons. The summed E-state index contributed by atoms with van der Waals surface area (Å²) in [6, 6.07) is 0.219. The van der Waals surface area contributed by atoms with Gasteiger partial charge in [-0.05, 0) is 32.1 Å². The molecule has 2 saturated heterocycles. The van der Waals surface area contributed by atoms with Crippen LogP contribution < -0.4 is 27.4 Å². The summed E-state index contributed by atoms with van der Waals surface area (Å²) in [5, 5.41) is 10.0. The monoisotopic (exact) mass is 402 g/mol. The largest absolute Gasteiger partial charge is 0.369 e. The van der Waals surface area contributed by atoms with Crippen molar-refractivity contribution in [2.45, 2.75) is 68.3 Å². The topological polar surface area (TPSA) is 143 Å². The van der Waals surface area contributed by atoms with Crippen LogP contribution in [-0.4, -0.2) is 74.9 Å². The first-order valence-corrected chi connectivity index (χ1v) is 11.9. The Bertz CT molecular complexity index is 630. The highest BCUT2D eigenvalue weighted by Gasteiger charge is 2.38. The van der Waals surface area contributed by atoms with E-state index in [1.807, 2.05) is 0 Å². The van der Waals surface area contributed by atoms with E-state index in [-0.39, 0.29) is 35.7 Å². The lowest BCUT2D eigenvalue weighted by atomic mass is 9.93. The van der Waals surface area contributed by atoms with E-state index in [4.69, 9.17) is 11.5 Å². The summed E-state index contributed by atoms with van der Waals surface area (Å²) >= 11 is 0. The first kappa shape index (κ1) is 20.9. The third kappa shape index (κ3) is 5.39. The zero-order valence-corrected chi connectivity index (χ0v) is 16.9. The molecular formula is C17H34N6O3S. The van der Waals surface area contributed by atoms with Crippen LogP contribution in [0.2, 0.25) is 0 Å². The Balaban J connectivity index is 1.65. The molecule has 0 aromatic carbocycles. The number of nitrogens with one attached hydrogen (secondary N) is 3. The van der Waals surface area contributed by atoms with Crippen LogP contribution in [0, 0.1) is 5.92 Å². The third-order valence-corrected chi connectivity index (χ3v) is 7.78. The van der Waals surface area contributed by atoms with Crippen LogP contribution in [0.3, 0.4) is 0 Å². The zero-order chi connectivity index (χ0) is 19.6. The number of hydrogen-bond acceptors (Lipinski definition) is 8. The average Bonchev–Trinajstić information content (AvgIpc) is 2.61. The lowest BCUT2D eigenvalue weighted by Crippen LogP contribution is -2.72. The summed E-state index contributed by atoms with van der Waals surface area (Å²) < 4.78 is 23.9. The predicted molar refractivity (Wildman–Crippen MR) is 104 cm³/mol. The maximum Gasteiger partial charge on any atom is 0.224 e. The second-order valence-corrected chi connectivity index (χ2v) is 10.7. The Morgan fingerprint density at radius 3 is 2.67 bits per heavy atom. The number of piperidine rings is 1. The van der Waals surface area contributed by atoms with Crippen LogP contribution in [-0.2, 0) is 14.6 Å². The molecule has 5 unspecified atom stereocenters. The van der Waals surface area contributed by atoms with Gasteiger partial charge in [0.05, 0.1) is 17.3 Å². The molecule has 0 radical (unpaired) electrons. The molecule has 3 aliphatic rings. The Hall–Kier alpha value is -0.780. The van der Waals surface area contributed by atoms with Crippen molar-refractivity contribution in [2.24, 2.45) is 17.4 Å². The number of sulfone groups is 1. The van der Waals surface area contributed by atoms with E-state index in [1.165, 1.54) is 6.26 Å². The van der Waals surface area contributed by atoms with Gasteiger partial charge in [-0.15, -0.1) is 0 Å². The molecule has 27 heavy (non-hydrogen) atoms. The summed E-state index contributed by atoms with van der Waals surface area (Å²) in [6.45, 7) is 2.24. The lowest BCUT2D eigenvalue weighted by molar-refractivity contribution is -0.124. The fourth-order valence-electron chi connectivity index (χ4n) is 4.58. The van der Waals surface area contributed by atoms with Gasteiger partial charge in [0.1, 0.15) is 16.1 Å². The molecule has 7 N–H and O–H groups in total. The standard InChI is InChI=1S/C17H34N6O3S/c1-27(25,26)13-6-2-5-12(8-13)21-16-14(15(19)24)9-20-17(22-16)23-7-3-4-11(18)10-23/h11-14,16-17,20-22H,2-10,18H2,1H3,(H2,19,24)/t11-,12?,13?,14?,16?,17?/m0/s1. The van der Waals surface area contributed by atoms with Crippen molar-refractivity contribution < 1.29 is 13.2 Å². The van der Waals surface area contributed by atoms with E-state index in [9.17, 15) is 13.2 Å². The molecule has 2 aliphatic heterocycles. The van der Waals surface area contributed by atoms with Gasteiger partial charge in [0.2, 0.25) is 5.91 Å². The average molecular weight is 403 g/mol. The Morgan fingerprint density at radius 1 is 1.22 bits per heavy atom. The predicted octanol–water partition coefficient (Wildman–Crippen LogP) is -1.74. The van der Waals surface area contributed by atoms with Gasteiger partial charge in [-0.3, -0.25) is 25.6 Å². The van der Waals surface area contributed by atoms with Crippen LogP contribution in [0.1, 0.15) is 38.5 Å². The number of nitrogens with zero attached hydrogens (tertiary/aromatic N) is 1. The lowest BCUT2D eigenvalue weighted by Gasteiger charge is -2.46. The smallest absolute Gasteiger partial charge is 0.224 e. The SMILES string of the molecule is CS(=O)(=O)C1CCCC(NC2NC(N3CCC[C@H](N)C3)NCC2C(N)=O)C1. The van der Waals surface area contributed by atoms with Crippen LogP contribution >= 0.6 is 0 Å². The van der Waals surface area contributed by atoms with Crippen LogP contribution in [0.5, 0.6) is 0 Å². The summed E-state index contributed by atoms with van der Waals surface area (Å²) in [5.41, 5.74) is 11.7. The summed E-state index contributed by atoms with van der Waals surface area (Å²) in [7, 11) is -3.05. The van der Waals surface area contributed by atoms with Gasteiger partial charge in [-0.2, -0.15) is 0 Å². The summed E-state index contributed by atoms with van der Waals surface area (Å²) in [4.78, 5) is 14.2. The van der Waals surface area contributed by atoms with E-state index in [2.05, 4.69) is 20.9 Å². The number of amides is 1. The number of rotatable bonds is 5. The van der Waals surface area contributed by atoms with Crippen molar-refractivity contribution in [3.05, 3.63) is 0 Å². The molecule has 3 rings (SSSR count). The molecule has 3 fully saturated rings. The number of hydrogen-bond donors (Lipinski definition) is 5. The summed E-state index contributed by atoms with van der Waals surface area (Å²) in [6.07, 6.45) is 6.10. The third-order valence-electron chi connectivity index (χ3n) is 6.14. The van der Waals surface area contributed by atoms with Crippen molar-refractivity contribution in [3.8, 4) is 0 Å². The normalized spacial score (nSPS) is 39.2. The first-order valence-electron chi connectivity index (χ1n) is 9.97. The highest BCUT2D eigenvalue weighted by Crippen LogP contribution is 2.25. The molecule has 10 heteroatoms. The van der Waals surface area contributed by atoms with Crippen molar-refractivity contribution in [1.82, 2.24) is 20.9 Å². The van der Waals surface area contributed by atoms with Gasteiger partial charge in [0.25, 0.3) is 0 Å². The van der Waals surface area contributed by atoms with Gasteiger partial charge < -0.3 is 11.5 Å². The minimum atomic E-state index is -3.05. The van der Waals surface area contributed by atoms with Crippen molar-refractivity contribution >= 4 is 15.7 Å². The van der Waals surface area contributed by atoms with Crippen LogP contribution in [0.4, 0.5) is 0 Å². The molecule has 0 aromatic rings.